The van der Waals surface area contributed by atoms with Crippen molar-refractivity contribution in [2.75, 3.05) is 4.90 Å². The summed E-state index contributed by atoms with van der Waals surface area (Å²) in [6.07, 6.45) is 7.09. The first kappa shape index (κ1) is 26.6. The van der Waals surface area contributed by atoms with Crippen LogP contribution in [0.25, 0.3) is 16.7 Å². The fourth-order valence-corrected chi connectivity index (χ4v) is 5.41. The van der Waals surface area contributed by atoms with Gasteiger partial charge in [-0.15, -0.1) is 10.2 Å². The number of fused-ring (bicyclic) bond motifs is 1. The van der Waals surface area contributed by atoms with Gasteiger partial charge in [-0.2, -0.15) is 4.80 Å². The molecule has 6 heteroatoms. The fourth-order valence-electron chi connectivity index (χ4n) is 4.62. The Hall–Kier alpha value is -2.96. The molecule has 1 heterocycles. The summed E-state index contributed by atoms with van der Waals surface area (Å²) in [5.41, 5.74) is 8.73. The smallest absolute Gasteiger partial charge is 0.129 e. The fraction of sp³-hybridized carbons (Fsp3) is 0.250. The van der Waals surface area contributed by atoms with Crippen molar-refractivity contribution in [1.82, 2.24) is 15.0 Å². The number of unbranched alkanes of at least 4 members (excludes halogenated alkanes) is 2. The standard InChI is InChI=1S/C32H32Br2N4/c1-3-5-7-23-9-13-25(14-10-23)37(26-15-11-24(12-16-26)8-6-4-2)27-17-19-28(20-18-27)38-35-31-29(33)21-22-30(34)32(31)36-38/h9-22H,3-8H2,1-2H3. The van der Waals surface area contributed by atoms with Gasteiger partial charge in [0.1, 0.15) is 11.0 Å². The van der Waals surface area contributed by atoms with Gasteiger partial charge in [0.15, 0.2) is 0 Å². The van der Waals surface area contributed by atoms with E-state index in [0.29, 0.717) is 0 Å². The first-order valence-electron chi connectivity index (χ1n) is 13.4. The molecule has 5 aromatic rings. The predicted octanol–water partition coefficient (Wildman–Crippen LogP) is 10.1. The number of nitrogens with zero attached hydrogens (tertiary/aromatic N) is 4. The van der Waals surface area contributed by atoms with Crippen LogP contribution in [-0.2, 0) is 12.8 Å². The number of hydrogen-bond acceptors (Lipinski definition) is 3. The van der Waals surface area contributed by atoms with E-state index in [4.69, 9.17) is 10.2 Å². The van der Waals surface area contributed by atoms with E-state index in [0.717, 1.165) is 55.6 Å². The average Bonchev–Trinajstić information content (AvgIpc) is 3.42. The molecule has 194 valence electrons. The first-order valence-corrected chi connectivity index (χ1v) is 15.0. The zero-order valence-electron chi connectivity index (χ0n) is 21.9. The van der Waals surface area contributed by atoms with Crippen molar-refractivity contribution in [3.05, 3.63) is 105 Å². The number of halogens is 2. The maximum atomic E-state index is 4.72. The maximum absolute atomic E-state index is 4.72. The van der Waals surface area contributed by atoms with Crippen molar-refractivity contribution in [2.24, 2.45) is 0 Å². The topological polar surface area (TPSA) is 34.0 Å². The second-order valence-electron chi connectivity index (χ2n) is 9.61. The SMILES string of the molecule is CCCCc1ccc(N(c2ccc(CCCC)cc2)c2ccc(-n3nc4c(Br)ccc(Br)c4n3)cc2)cc1. The third-order valence-corrected chi connectivity index (χ3v) is 8.09. The van der Waals surface area contributed by atoms with Crippen LogP contribution in [0.3, 0.4) is 0 Å². The van der Waals surface area contributed by atoms with E-state index in [2.05, 4.69) is 123 Å². The van der Waals surface area contributed by atoms with Crippen LogP contribution < -0.4 is 4.90 Å². The van der Waals surface area contributed by atoms with Crippen molar-refractivity contribution in [3.63, 3.8) is 0 Å². The van der Waals surface area contributed by atoms with Gasteiger partial charge < -0.3 is 4.90 Å². The maximum Gasteiger partial charge on any atom is 0.129 e. The van der Waals surface area contributed by atoms with Crippen molar-refractivity contribution in [2.45, 2.75) is 52.4 Å². The molecule has 0 aliphatic heterocycles. The Kier molecular flexibility index (Phi) is 8.60. The normalized spacial score (nSPS) is 11.3. The molecule has 0 bridgehead atoms. The summed E-state index contributed by atoms with van der Waals surface area (Å²) < 4.78 is 1.85. The Morgan fingerprint density at radius 3 is 1.37 bits per heavy atom. The molecule has 4 aromatic carbocycles. The molecular formula is C32H32Br2N4. The third kappa shape index (κ3) is 5.87. The van der Waals surface area contributed by atoms with Crippen LogP contribution in [0.4, 0.5) is 17.1 Å². The molecule has 1 aromatic heterocycles. The average molecular weight is 632 g/mol. The minimum absolute atomic E-state index is 0.830. The third-order valence-electron chi connectivity index (χ3n) is 6.81. The highest BCUT2D eigenvalue weighted by molar-refractivity contribution is 9.11. The van der Waals surface area contributed by atoms with Gasteiger partial charge in [-0.1, -0.05) is 51.0 Å². The summed E-state index contributed by atoms with van der Waals surface area (Å²) in [5, 5.41) is 9.44. The van der Waals surface area contributed by atoms with Gasteiger partial charge in [0, 0.05) is 26.0 Å². The van der Waals surface area contributed by atoms with Crippen LogP contribution in [0.5, 0.6) is 0 Å². The summed E-state index contributed by atoms with van der Waals surface area (Å²) in [7, 11) is 0. The minimum Gasteiger partial charge on any atom is -0.311 e. The molecule has 38 heavy (non-hydrogen) atoms. The van der Waals surface area contributed by atoms with Crippen molar-refractivity contribution < 1.29 is 0 Å². The molecule has 4 nitrogen and oxygen atoms in total. The Labute approximate surface area is 241 Å². The van der Waals surface area contributed by atoms with Gasteiger partial charge in [0.05, 0.1) is 5.69 Å². The lowest BCUT2D eigenvalue weighted by Crippen LogP contribution is -2.10. The molecule has 0 atom stereocenters. The molecule has 0 spiro atoms. The molecule has 0 unspecified atom stereocenters. The van der Waals surface area contributed by atoms with Crippen molar-refractivity contribution in [1.29, 1.82) is 0 Å². The van der Waals surface area contributed by atoms with Crippen LogP contribution in [0, 0.1) is 0 Å². The molecule has 0 saturated carbocycles. The largest absolute Gasteiger partial charge is 0.311 e. The molecule has 0 N–H and O–H groups in total. The Balaban J connectivity index is 1.49. The van der Waals surface area contributed by atoms with Crippen LogP contribution in [0.2, 0.25) is 0 Å². The Bertz CT molecular complexity index is 1400. The van der Waals surface area contributed by atoms with E-state index in [1.54, 1.807) is 4.80 Å². The zero-order chi connectivity index (χ0) is 26.5. The lowest BCUT2D eigenvalue weighted by Gasteiger charge is -2.26. The van der Waals surface area contributed by atoms with Gasteiger partial charge in [-0.05, 0) is 129 Å². The van der Waals surface area contributed by atoms with Gasteiger partial charge in [0.25, 0.3) is 0 Å². The molecular weight excluding hydrogens is 600 g/mol. The van der Waals surface area contributed by atoms with E-state index in [1.165, 1.54) is 36.8 Å². The summed E-state index contributed by atoms with van der Waals surface area (Å²) in [6.45, 7) is 4.48. The molecule has 0 fully saturated rings. The predicted molar refractivity (Wildman–Crippen MR) is 166 cm³/mol. The van der Waals surface area contributed by atoms with Crippen molar-refractivity contribution in [3.8, 4) is 5.69 Å². The second kappa shape index (κ2) is 12.3. The minimum atomic E-state index is 0.830. The molecule has 0 aliphatic rings. The summed E-state index contributed by atoms with van der Waals surface area (Å²) in [4.78, 5) is 4.01. The first-order chi connectivity index (χ1) is 18.6. The Morgan fingerprint density at radius 2 is 0.974 bits per heavy atom. The van der Waals surface area contributed by atoms with Gasteiger partial charge in [-0.25, -0.2) is 0 Å². The number of anilines is 3. The van der Waals surface area contributed by atoms with E-state index in [-0.39, 0.29) is 0 Å². The van der Waals surface area contributed by atoms with E-state index in [9.17, 15) is 0 Å². The van der Waals surface area contributed by atoms with Crippen LogP contribution in [0.15, 0.2) is 93.9 Å². The highest BCUT2D eigenvalue weighted by Crippen LogP contribution is 2.36. The van der Waals surface area contributed by atoms with Crippen LogP contribution in [0.1, 0.15) is 50.7 Å². The number of benzene rings is 4. The molecule has 0 saturated heterocycles. The summed E-state index contributed by atoms with van der Waals surface area (Å²) >= 11 is 7.19. The number of aromatic nitrogens is 3. The number of rotatable bonds is 10. The second-order valence-corrected chi connectivity index (χ2v) is 11.3. The van der Waals surface area contributed by atoms with Gasteiger partial charge in [-0.3, -0.25) is 0 Å². The lowest BCUT2D eigenvalue weighted by atomic mass is 10.1. The quantitative estimate of drug-likeness (QED) is 0.154. The van der Waals surface area contributed by atoms with Gasteiger partial charge >= 0.3 is 0 Å². The number of aryl methyl sites for hydroxylation is 2. The van der Waals surface area contributed by atoms with Gasteiger partial charge in [0.2, 0.25) is 0 Å². The summed E-state index contributed by atoms with van der Waals surface area (Å²) in [5.74, 6) is 0. The molecule has 5 rings (SSSR count). The van der Waals surface area contributed by atoms with Crippen LogP contribution in [-0.4, -0.2) is 15.0 Å². The van der Waals surface area contributed by atoms with Crippen molar-refractivity contribution >= 4 is 60.0 Å². The highest BCUT2D eigenvalue weighted by Gasteiger charge is 2.15. The molecule has 0 radical (unpaired) electrons. The Morgan fingerprint density at radius 1 is 0.579 bits per heavy atom. The summed E-state index contributed by atoms with van der Waals surface area (Å²) in [6, 6.07) is 30.4. The van der Waals surface area contributed by atoms with E-state index >= 15 is 0 Å². The zero-order valence-corrected chi connectivity index (χ0v) is 25.0. The monoisotopic (exact) mass is 630 g/mol. The molecule has 0 aliphatic carbocycles. The highest BCUT2D eigenvalue weighted by atomic mass is 79.9. The molecule has 0 amide bonds. The van der Waals surface area contributed by atoms with E-state index < -0.39 is 0 Å². The lowest BCUT2D eigenvalue weighted by molar-refractivity contribution is 0.765. The van der Waals surface area contributed by atoms with Crippen LogP contribution >= 0.6 is 31.9 Å². The van der Waals surface area contributed by atoms with E-state index in [1.807, 2.05) is 12.1 Å². The number of hydrogen-bond donors (Lipinski definition) is 0.